The van der Waals surface area contributed by atoms with Crippen molar-refractivity contribution in [2.75, 3.05) is 11.9 Å². The molecule has 1 unspecified atom stereocenters. The average Bonchev–Trinajstić information content (AvgIpc) is 2.56. The highest BCUT2D eigenvalue weighted by Gasteiger charge is 2.12. The summed E-state index contributed by atoms with van der Waals surface area (Å²) in [6.45, 7) is 6.24. The van der Waals surface area contributed by atoms with E-state index in [2.05, 4.69) is 20.6 Å². The van der Waals surface area contributed by atoms with E-state index in [1.807, 2.05) is 20.8 Å². The lowest BCUT2D eigenvalue weighted by Crippen LogP contribution is -2.32. The van der Waals surface area contributed by atoms with E-state index in [-0.39, 0.29) is 17.8 Å². The SMILES string of the molecule is CCC(C)NC(=O)c1cc(C)nc(NCCc2ccccc2F)n1. The van der Waals surface area contributed by atoms with Gasteiger partial charge >= 0.3 is 0 Å². The van der Waals surface area contributed by atoms with E-state index in [9.17, 15) is 9.18 Å². The molecule has 0 saturated heterocycles. The predicted octanol–water partition coefficient (Wildman–Crippen LogP) is 3.11. The lowest BCUT2D eigenvalue weighted by molar-refractivity contribution is 0.0934. The van der Waals surface area contributed by atoms with E-state index >= 15 is 0 Å². The smallest absolute Gasteiger partial charge is 0.270 e. The summed E-state index contributed by atoms with van der Waals surface area (Å²) in [5, 5.41) is 5.94. The lowest BCUT2D eigenvalue weighted by Gasteiger charge is -2.12. The highest BCUT2D eigenvalue weighted by molar-refractivity contribution is 5.92. The van der Waals surface area contributed by atoms with Crippen LogP contribution in [0, 0.1) is 12.7 Å². The minimum Gasteiger partial charge on any atom is -0.354 e. The summed E-state index contributed by atoms with van der Waals surface area (Å²) in [4.78, 5) is 20.7. The van der Waals surface area contributed by atoms with Crippen LogP contribution in [0.25, 0.3) is 0 Å². The number of carbonyl (C=O) groups is 1. The summed E-state index contributed by atoms with van der Waals surface area (Å²) >= 11 is 0. The molecule has 128 valence electrons. The second-order valence-corrected chi connectivity index (χ2v) is 5.77. The Morgan fingerprint density at radius 2 is 2.04 bits per heavy atom. The number of nitrogens with zero attached hydrogens (tertiary/aromatic N) is 2. The van der Waals surface area contributed by atoms with E-state index in [0.717, 1.165) is 6.42 Å². The van der Waals surface area contributed by atoms with Gasteiger partial charge in [-0.05, 0) is 44.4 Å². The Kier molecular flexibility index (Phi) is 6.23. The minimum atomic E-state index is -0.224. The number of hydrogen-bond acceptors (Lipinski definition) is 4. The van der Waals surface area contributed by atoms with Gasteiger partial charge in [0.15, 0.2) is 0 Å². The van der Waals surface area contributed by atoms with Crippen molar-refractivity contribution >= 4 is 11.9 Å². The van der Waals surface area contributed by atoms with Crippen LogP contribution in [-0.4, -0.2) is 28.5 Å². The van der Waals surface area contributed by atoms with Crippen molar-refractivity contribution in [3.63, 3.8) is 0 Å². The van der Waals surface area contributed by atoms with Crippen LogP contribution in [0.1, 0.15) is 42.0 Å². The van der Waals surface area contributed by atoms with Gasteiger partial charge in [-0.25, -0.2) is 14.4 Å². The Labute approximate surface area is 141 Å². The highest BCUT2D eigenvalue weighted by Crippen LogP contribution is 2.09. The van der Waals surface area contributed by atoms with Crippen LogP contribution in [0.3, 0.4) is 0 Å². The van der Waals surface area contributed by atoms with E-state index in [1.54, 1.807) is 24.3 Å². The van der Waals surface area contributed by atoms with Crippen molar-refractivity contribution in [2.45, 2.75) is 39.7 Å². The molecule has 24 heavy (non-hydrogen) atoms. The third-order valence-electron chi connectivity index (χ3n) is 3.71. The van der Waals surface area contributed by atoms with E-state index in [4.69, 9.17) is 0 Å². The van der Waals surface area contributed by atoms with Gasteiger partial charge in [0.2, 0.25) is 5.95 Å². The lowest BCUT2D eigenvalue weighted by atomic mass is 10.1. The average molecular weight is 330 g/mol. The number of carbonyl (C=O) groups excluding carboxylic acids is 1. The number of hydrogen-bond donors (Lipinski definition) is 2. The zero-order valence-electron chi connectivity index (χ0n) is 14.3. The number of nitrogens with one attached hydrogen (secondary N) is 2. The van der Waals surface area contributed by atoms with Crippen LogP contribution in [0.4, 0.5) is 10.3 Å². The fourth-order valence-electron chi connectivity index (χ4n) is 2.17. The molecule has 2 aromatic rings. The molecule has 0 bridgehead atoms. The molecule has 1 heterocycles. The number of aromatic nitrogens is 2. The molecule has 0 spiro atoms. The summed E-state index contributed by atoms with van der Waals surface area (Å²) in [7, 11) is 0. The zero-order valence-corrected chi connectivity index (χ0v) is 14.3. The van der Waals surface area contributed by atoms with Crippen molar-refractivity contribution in [1.29, 1.82) is 0 Å². The van der Waals surface area contributed by atoms with Crippen LogP contribution < -0.4 is 10.6 Å². The van der Waals surface area contributed by atoms with Crippen LogP contribution in [-0.2, 0) is 6.42 Å². The van der Waals surface area contributed by atoms with Gasteiger partial charge in [-0.2, -0.15) is 0 Å². The number of amides is 1. The molecule has 6 heteroatoms. The molecule has 0 fully saturated rings. The first-order chi connectivity index (χ1) is 11.5. The Balaban J connectivity index is 2.00. The Hall–Kier alpha value is -2.50. The molecule has 1 aromatic heterocycles. The largest absolute Gasteiger partial charge is 0.354 e. The first kappa shape index (κ1) is 17.8. The van der Waals surface area contributed by atoms with Gasteiger partial charge in [-0.15, -0.1) is 0 Å². The van der Waals surface area contributed by atoms with Gasteiger partial charge < -0.3 is 10.6 Å². The first-order valence-corrected chi connectivity index (χ1v) is 8.13. The molecule has 0 aliphatic carbocycles. The molecule has 0 saturated carbocycles. The maximum Gasteiger partial charge on any atom is 0.270 e. The van der Waals surface area contributed by atoms with Crippen molar-refractivity contribution in [3.05, 3.63) is 53.1 Å². The summed E-state index contributed by atoms with van der Waals surface area (Å²) in [6, 6.07) is 8.40. The van der Waals surface area contributed by atoms with Gasteiger partial charge in [-0.3, -0.25) is 4.79 Å². The third-order valence-corrected chi connectivity index (χ3v) is 3.71. The van der Waals surface area contributed by atoms with Gasteiger partial charge in [-0.1, -0.05) is 25.1 Å². The van der Waals surface area contributed by atoms with Crippen LogP contribution in [0.15, 0.2) is 30.3 Å². The molecule has 0 aliphatic rings. The van der Waals surface area contributed by atoms with Gasteiger partial charge in [0.25, 0.3) is 5.91 Å². The summed E-state index contributed by atoms with van der Waals surface area (Å²) < 4.78 is 13.6. The fourth-order valence-corrected chi connectivity index (χ4v) is 2.17. The summed E-state index contributed by atoms with van der Waals surface area (Å²) in [5.41, 5.74) is 1.66. The Bertz CT molecular complexity index is 705. The Morgan fingerprint density at radius 1 is 1.29 bits per heavy atom. The maximum absolute atomic E-state index is 13.6. The minimum absolute atomic E-state index is 0.0882. The second kappa shape index (κ2) is 8.38. The van der Waals surface area contributed by atoms with E-state index < -0.39 is 0 Å². The molecule has 1 atom stereocenters. The Morgan fingerprint density at radius 3 is 2.75 bits per heavy atom. The predicted molar refractivity (Wildman–Crippen MR) is 92.6 cm³/mol. The normalized spacial score (nSPS) is 11.8. The number of aryl methyl sites for hydroxylation is 1. The third kappa shape index (κ3) is 5.01. The standard InChI is InChI=1S/C18H23FN4O/c1-4-12(2)21-17(24)16-11-13(3)22-18(23-16)20-10-9-14-7-5-6-8-15(14)19/h5-8,11-12H,4,9-10H2,1-3H3,(H,21,24)(H,20,22,23). The summed E-state index contributed by atoms with van der Waals surface area (Å²) in [5.74, 6) is -0.0641. The molecular weight excluding hydrogens is 307 g/mol. The monoisotopic (exact) mass is 330 g/mol. The number of rotatable bonds is 7. The topological polar surface area (TPSA) is 66.9 Å². The zero-order chi connectivity index (χ0) is 17.5. The first-order valence-electron chi connectivity index (χ1n) is 8.13. The molecule has 0 aliphatic heterocycles. The molecule has 0 radical (unpaired) electrons. The van der Waals surface area contributed by atoms with Gasteiger partial charge in [0.1, 0.15) is 11.5 Å². The maximum atomic E-state index is 13.6. The number of anilines is 1. The van der Waals surface area contributed by atoms with Crippen molar-refractivity contribution in [2.24, 2.45) is 0 Å². The molecule has 1 aromatic carbocycles. The van der Waals surface area contributed by atoms with Crippen LogP contribution in [0.2, 0.25) is 0 Å². The fraction of sp³-hybridized carbons (Fsp3) is 0.389. The molecule has 2 N–H and O–H groups in total. The molecule has 2 rings (SSSR count). The molecular formula is C18H23FN4O. The highest BCUT2D eigenvalue weighted by atomic mass is 19.1. The number of benzene rings is 1. The van der Waals surface area contributed by atoms with Crippen LogP contribution in [0.5, 0.6) is 0 Å². The number of halogens is 1. The summed E-state index contributed by atoms with van der Waals surface area (Å²) in [6.07, 6.45) is 1.36. The second-order valence-electron chi connectivity index (χ2n) is 5.77. The van der Waals surface area contributed by atoms with Crippen molar-refractivity contribution in [3.8, 4) is 0 Å². The quantitative estimate of drug-likeness (QED) is 0.818. The van der Waals surface area contributed by atoms with E-state index in [1.165, 1.54) is 6.07 Å². The van der Waals surface area contributed by atoms with E-state index in [0.29, 0.717) is 35.9 Å². The van der Waals surface area contributed by atoms with Gasteiger partial charge in [0.05, 0.1) is 0 Å². The molecule has 1 amide bonds. The van der Waals surface area contributed by atoms with Crippen molar-refractivity contribution < 1.29 is 9.18 Å². The molecule has 5 nitrogen and oxygen atoms in total. The van der Waals surface area contributed by atoms with Gasteiger partial charge in [0, 0.05) is 18.3 Å². The van der Waals surface area contributed by atoms with Crippen LogP contribution >= 0.6 is 0 Å². The van der Waals surface area contributed by atoms with Crippen molar-refractivity contribution in [1.82, 2.24) is 15.3 Å².